The highest BCUT2D eigenvalue weighted by atomic mass is 32.2. The molecule has 0 bridgehead atoms. The molecule has 1 aliphatic carbocycles. The fourth-order valence-electron chi connectivity index (χ4n) is 4.37. The van der Waals surface area contributed by atoms with Crippen molar-refractivity contribution in [3.05, 3.63) is 22.1 Å². The van der Waals surface area contributed by atoms with Crippen LogP contribution in [0.25, 0.3) is 10.2 Å². The van der Waals surface area contributed by atoms with Gasteiger partial charge in [-0.15, -0.1) is 21.5 Å². The molecule has 160 valence electrons. The quantitative estimate of drug-likeness (QED) is 0.550. The van der Waals surface area contributed by atoms with Gasteiger partial charge in [0, 0.05) is 29.4 Å². The first-order valence-electron chi connectivity index (χ1n) is 10.8. The summed E-state index contributed by atoms with van der Waals surface area (Å²) in [7, 11) is 0. The highest BCUT2D eigenvalue weighted by Crippen LogP contribution is 2.41. The Morgan fingerprint density at radius 2 is 1.90 bits per heavy atom. The maximum Gasteiger partial charge on any atom is 0.197 e. The molecule has 0 aromatic carbocycles. The summed E-state index contributed by atoms with van der Waals surface area (Å²) < 4.78 is 7.69. The van der Waals surface area contributed by atoms with Crippen LogP contribution in [0, 0.1) is 6.92 Å². The van der Waals surface area contributed by atoms with E-state index in [4.69, 9.17) is 14.7 Å². The van der Waals surface area contributed by atoms with E-state index in [0.717, 1.165) is 65.9 Å². The molecule has 0 saturated carbocycles. The van der Waals surface area contributed by atoms with E-state index in [1.807, 2.05) is 18.3 Å². The second-order valence-electron chi connectivity index (χ2n) is 8.32. The maximum atomic E-state index is 5.50. The van der Waals surface area contributed by atoms with E-state index in [1.54, 1.807) is 11.8 Å². The normalized spacial score (nSPS) is 17.7. The summed E-state index contributed by atoms with van der Waals surface area (Å²) >= 11 is 3.51. The van der Waals surface area contributed by atoms with Gasteiger partial charge in [0.05, 0.1) is 19.8 Å². The van der Waals surface area contributed by atoms with Crippen LogP contribution in [-0.2, 0) is 24.1 Å². The molecule has 0 N–H and O–H groups in total. The lowest BCUT2D eigenvalue weighted by Crippen LogP contribution is -2.36. The predicted molar refractivity (Wildman–Crippen MR) is 119 cm³/mol. The number of morpholine rings is 1. The molecule has 0 spiro atoms. The van der Waals surface area contributed by atoms with Crippen LogP contribution < -0.4 is 0 Å². The molecule has 2 aliphatic rings. The molecule has 0 amide bonds. The van der Waals surface area contributed by atoms with Crippen molar-refractivity contribution < 1.29 is 4.74 Å². The van der Waals surface area contributed by atoms with E-state index < -0.39 is 0 Å². The number of fused-ring (bicyclic) bond motifs is 3. The zero-order chi connectivity index (χ0) is 20.7. The second-order valence-corrected chi connectivity index (χ2v) is 10.4. The second kappa shape index (κ2) is 8.53. The Labute approximate surface area is 185 Å². The zero-order valence-corrected chi connectivity index (χ0v) is 19.5. The lowest BCUT2D eigenvalue weighted by Gasteiger charge is -2.25. The van der Waals surface area contributed by atoms with Gasteiger partial charge in [-0.3, -0.25) is 4.90 Å². The Hall–Kier alpha value is -1.55. The lowest BCUT2D eigenvalue weighted by atomic mass is 9.97. The fourth-order valence-corrected chi connectivity index (χ4v) is 6.88. The van der Waals surface area contributed by atoms with Crippen molar-refractivity contribution in [3.8, 4) is 0 Å². The van der Waals surface area contributed by atoms with Gasteiger partial charge in [-0.25, -0.2) is 9.97 Å². The predicted octanol–water partition coefficient (Wildman–Crippen LogP) is 4.03. The summed E-state index contributed by atoms with van der Waals surface area (Å²) in [4.78, 5) is 15.1. The average molecular weight is 445 g/mol. The van der Waals surface area contributed by atoms with Crippen molar-refractivity contribution in [1.82, 2.24) is 29.6 Å². The minimum absolute atomic E-state index is 0.309. The molecule has 1 aliphatic heterocycles. The van der Waals surface area contributed by atoms with E-state index in [9.17, 15) is 0 Å². The van der Waals surface area contributed by atoms with Gasteiger partial charge in [0.25, 0.3) is 0 Å². The van der Waals surface area contributed by atoms with Gasteiger partial charge in [-0.2, -0.15) is 0 Å². The number of rotatable bonds is 5. The summed E-state index contributed by atoms with van der Waals surface area (Å²) in [5, 5.41) is 12.0. The van der Waals surface area contributed by atoms with E-state index >= 15 is 0 Å². The largest absolute Gasteiger partial charge is 0.379 e. The summed E-state index contributed by atoms with van der Waals surface area (Å²) in [6.07, 6.45) is 4.82. The molecule has 1 fully saturated rings. The standard InChI is InChI=1S/C21H28N6OS2/c1-13(2)27-14(3)24-25-21(27)30-20-18-15-6-4-5-7-16(15)29-19(18)22-17(23-20)12-26-8-10-28-11-9-26/h13H,4-12H2,1-3H3. The van der Waals surface area contributed by atoms with E-state index in [2.05, 4.69) is 33.5 Å². The number of nitrogens with zero attached hydrogens (tertiary/aromatic N) is 6. The maximum absolute atomic E-state index is 5.50. The van der Waals surface area contributed by atoms with Crippen LogP contribution in [0.5, 0.6) is 0 Å². The van der Waals surface area contributed by atoms with Crippen LogP contribution in [0.1, 0.15) is 54.8 Å². The molecule has 7 nitrogen and oxygen atoms in total. The topological polar surface area (TPSA) is 69.0 Å². The summed E-state index contributed by atoms with van der Waals surface area (Å²) in [6, 6.07) is 0.309. The molecule has 3 aromatic rings. The van der Waals surface area contributed by atoms with E-state index in [1.165, 1.54) is 35.1 Å². The van der Waals surface area contributed by atoms with Gasteiger partial charge in [0.1, 0.15) is 21.5 Å². The molecule has 0 unspecified atom stereocenters. The van der Waals surface area contributed by atoms with Gasteiger partial charge in [-0.05, 0) is 63.8 Å². The van der Waals surface area contributed by atoms with Gasteiger partial charge in [0.15, 0.2) is 5.16 Å². The van der Waals surface area contributed by atoms with Crippen molar-refractivity contribution in [2.24, 2.45) is 0 Å². The van der Waals surface area contributed by atoms with Gasteiger partial charge < -0.3 is 9.30 Å². The Morgan fingerprint density at radius 3 is 2.70 bits per heavy atom. The monoisotopic (exact) mass is 444 g/mol. The van der Waals surface area contributed by atoms with E-state index in [-0.39, 0.29) is 0 Å². The first-order valence-corrected chi connectivity index (χ1v) is 12.4. The summed E-state index contributed by atoms with van der Waals surface area (Å²) in [5.41, 5.74) is 1.47. The van der Waals surface area contributed by atoms with Gasteiger partial charge in [0.2, 0.25) is 0 Å². The molecule has 9 heteroatoms. The Kier molecular flexibility index (Phi) is 5.79. The van der Waals surface area contributed by atoms with Crippen LogP contribution in [0.4, 0.5) is 0 Å². The number of thiophene rings is 1. The first kappa shape index (κ1) is 20.4. The third-order valence-corrected chi connectivity index (χ3v) is 7.97. The Bertz CT molecular complexity index is 1050. The molecular weight excluding hydrogens is 416 g/mol. The van der Waals surface area contributed by atoms with Crippen LogP contribution in [-0.4, -0.2) is 55.9 Å². The van der Waals surface area contributed by atoms with Crippen LogP contribution in [0.2, 0.25) is 0 Å². The van der Waals surface area contributed by atoms with Gasteiger partial charge in [-0.1, -0.05) is 0 Å². The van der Waals surface area contributed by atoms with Crippen molar-refractivity contribution in [2.75, 3.05) is 26.3 Å². The lowest BCUT2D eigenvalue weighted by molar-refractivity contribution is 0.0330. The fraction of sp³-hybridized carbons (Fsp3) is 0.619. The number of hydrogen-bond donors (Lipinski definition) is 0. The molecule has 5 rings (SSSR count). The van der Waals surface area contributed by atoms with Crippen LogP contribution in [0.15, 0.2) is 10.2 Å². The SMILES string of the molecule is Cc1nnc(Sc2nc(CN3CCOCC3)nc3sc4c(c23)CCCC4)n1C(C)C. The zero-order valence-electron chi connectivity index (χ0n) is 17.8. The Balaban J connectivity index is 1.58. The smallest absolute Gasteiger partial charge is 0.197 e. The number of aryl methyl sites for hydroxylation is 3. The third kappa shape index (κ3) is 3.88. The number of ether oxygens (including phenoxy) is 1. The number of hydrogen-bond acceptors (Lipinski definition) is 8. The van der Waals surface area contributed by atoms with Crippen molar-refractivity contribution in [1.29, 1.82) is 0 Å². The van der Waals surface area contributed by atoms with Crippen LogP contribution >= 0.6 is 23.1 Å². The molecule has 3 aromatic heterocycles. The first-order chi connectivity index (χ1) is 14.6. The molecule has 0 atom stereocenters. The molecular formula is C21H28N6OS2. The molecule has 0 radical (unpaired) electrons. The number of aromatic nitrogens is 5. The highest BCUT2D eigenvalue weighted by molar-refractivity contribution is 7.99. The van der Waals surface area contributed by atoms with Gasteiger partial charge >= 0.3 is 0 Å². The molecule has 30 heavy (non-hydrogen) atoms. The van der Waals surface area contributed by atoms with E-state index in [0.29, 0.717) is 6.04 Å². The molecule has 1 saturated heterocycles. The summed E-state index contributed by atoms with van der Waals surface area (Å²) in [6.45, 7) is 10.6. The highest BCUT2D eigenvalue weighted by Gasteiger charge is 2.24. The third-order valence-electron chi connectivity index (χ3n) is 5.84. The Morgan fingerprint density at radius 1 is 1.10 bits per heavy atom. The van der Waals surface area contributed by atoms with Crippen molar-refractivity contribution in [3.63, 3.8) is 0 Å². The minimum atomic E-state index is 0.309. The molecule has 4 heterocycles. The van der Waals surface area contributed by atoms with Crippen molar-refractivity contribution >= 4 is 33.3 Å². The average Bonchev–Trinajstić information content (AvgIpc) is 3.28. The van der Waals surface area contributed by atoms with Crippen LogP contribution in [0.3, 0.4) is 0 Å². The van der Waals surface area contributed by atoms with Crippen molar-refractivity contribution in [2.45, 2.75) is 69.2 Å². The summed E-state index contributed by atoms with van der Waals surface area (Å²) in [5.74, 6) is 1.84. The minimum Gasteiger partial charge on any atom is -0.379 e.